The summed E-state index contributed by atoms with van der Waals surface area (Å²) < 4.78 is 4.09. The number of carbonyl (C=O) groups is 1. The lowest BCUT2D eigenvalue weighted by atomic mass is 10.1. The standard InChI is InChI=1S/C25H19N7O/c33-25-19-12-18(31-14-26-20-4-1-2-6-22(20)31)9-8-16(19)13-30(25)23-7-3-5-21(28-23)24-29-27-15-32(24)17-10-11-17/h1-9,12,14-15,17H,10-11,13H2. The number of nitrogens with zero attached hydrogens (tertiary/aromatic N) is 7. The maximum atomic E-state index is 13.4. The summed E-state index contributed by atoms with van der Waals surface area (Å²) in [4.78, 5) is 24.4. The monoisotopic (exact) mass is 433 g/mol. The fourth-order valence-corrected chi connectivity index (χ4v) is 4.53. The van der Waals surface area contributed by atoms with Crippen molar-refractivity contribution in [2.75, 3.05) is 4.90 Å². The number of pyridine rings is 1. The second-order valence-electron chi connectivity index (χ2n) is 8.51. The molecule has 0 N–H and O–H groups in total. The molecule has 0 unspecified atom stereocenters. The van der Waals surface area contributed by atoms with Crippen LogP contribution in [0.15, 0.2) is 73.3 Å². The van der Waals surface area contributed by atoms with Crippen molar-refractivity contribution in [2.45, 2.75) is 25.4 Å². The highest BCUT2D eigenvalue weighted by atomic mass is 16.2. The summed E-state index contributed by atoms with van der Waals surface area (Å²) >= 11 is 0. The first-order valence-electron chi connectivity index (χ1n) is 11.0. The van der Waals surface area contributed by atoms with Gasteiger partial charge >= 0.3 is 0 Å². The second kappa shape index (κ2) is 6.83. The Balaban J connectivity index is 1.24. The molecule has 0 atom stereocenters. The van der Waals surface area contributed by atoms with Crippen LogP contribution in [-0.4, -0.2) is 35.2 Å². The molecule has 8 nitrogen and oxygen atoms in total. The fraction of sp³-hybridized carbons (Fsp3) is 0.160. The van der Waals surface area contributed by atoms with Gasteiger partial charge in [0.15, 0.2) is 5.82 Å². The number of hydrogen-bond acceptors (Lipinski definition) is 5. The van der Waals surface area contributed by atoms with Crippen LogP contribution in [0.4, 0.5) is 5.82 Å². The van der Waals surface area contributed by atoms with Crippen molar-refractivity contribution in [3.8, 4) is 17.2 Å². The van der Waals surface area contributed by atoms with E-state index in [1.807, 2.05) is 65.2 Å². The smallest absolute Gasteiger partial charge is 0.260 e. The SMILES string of the molecule is O=C1c2cc(-n3cnc4ccccc43)ccc2CN1c1cccc(-c2nncn2C2CC2)n1. The van der Waals surface area contributed by atoms with E-state index in [0.717, 1.165) is 46.6 Å². The predicted molar refractivity (Wildman–Crippen MR) is 123 cm³/mol. The average Bonchev–Trinajstić information content (AvgIpc) is 3.28. The molecule has 8 heteroatoms. The van der Waals surface area contributed by atoms with E-state index >= 15 is 0 Å². The molecule has 4 heterocycles. The first-order valence-corrected chi connectivity index (χ1v) is 11.0. The molecule has 3 aromatic heterocycles. The third-order valence-electron chi connectivity index (χ3n) is 6.38. The Morgan fingerprint density at radius 3 is 2.76 bits per heavy atom. The summed E-state index contributed by atoms with van der Waals surface area (Å²) in [6.45, 7) is 0.491. The van der Waals surface area contributed by atoms with Gasteiger partial charge in [-0.1, -0.05) is 24.3 Å². The van der Waals surface area contributed by atoms with E-state index in [9.17, 15) is 4.79 Å². The summed E-state index contributed by atoms with van der Waals surface area (Å²) in [6.07, 6.45) is 5.84. The number of amides is 1. The first kappa shape index (κ1) is 18.3. The molecule has 5 aromatic rings. The predicted octanol–water partition coefficient (Wildman–Crippen LogP) is 4.17. The van der Waals surface area contributed by atoms with Crippen molar-refractivity contribution < 1.29 is 4.79 Å². The van der Waals surface area contributed by atoms with Crippen LogP contribution >= 0.6 is 0 Å². The van der Waals surface area contributed by atoms with Crippen LogP contribution in [0.25, 0.3) is 28.2 Å². The lowest BCUT2D eigenvalue weighted by Crippen LogP contribution is -2.24. The Labute approximate surface area is 189 Å². The van der Waals surface area contributed by atoms with Crippen LogP contribution in [0.5, 0.6) is 0 Å². The van der Waals surface area contributed by atoms with Crippen LogP contribution in [0, 0.1) is 0 Å². The van der Waals surface area contributed by atoms with Gasteiger partial charge in [0, 0.05) is 17.3 Å². The van der Waals surface area contributed by atoms with Gasteiger partial charge in [0.05, 0.1) is 17.6 Å². The Bertz CT molecular complexity index is 1550. The van der Waals surface area contributed by atoms with Gasteiger partial charge in [-0.2, -0.15) is 0 Å². The maximum absolute atomic E-state index is 13.4. The van der Waals surface area contributed by atoms with Gasteiger partial charge in [0.25, 0.3) is 5.91 Å². The highest BCUT2D eigenvalue weighted by molar-refractivity contribution is 6.10. The number of imidazole rings is 1. The Morgan fingerprint density at radius 1 is 0.939 bits per heavy atom. The van der Waals surface area contributed by atoms with Gasteiger partial charge in [0.1, 0.15) is 24.2 Å². The number of benzene rings is 2. The van der Waals surface area contributed by atoms with Crippen LogP contribution in [0.3, 0.4) is 0 Å². The molecule has 1 saturated carbocycles. The van der Waals surface area contributed by atoms with E-state index in [-0.39, 0.29) is 5.91 Å². The molecule has 0 saturated heterocycles. The topological polar surface area (TPSA) is 81.7 Å². The average molecular weight is 433 g/mol. The Kier molecular flexibility index (Phi) is 3.78. The second-order valence-corrected chi connectivity index (χ2v) is 8.51. The molecule has 0 bridgehead atoms. The lowest BCUT2D eigenvalue weighted by molar-refractivity contribution is 0.0996. The summed E-state index contributed by atoms with van der Waals surface area (Å²) in [7, 11) is 0. The number of anilines is 1. The number of rotatable bonds is 4. The number of hydrogen-bond donors (Lipinski definition) is 0. The quantitative estimate of drug-likeness (QED) is 0.425. The first-order chi connectivity index (χ1) is 16.3. The molecule has 0 spiro atoms. The van der Waals surface area contributed by atoms with Crippen LogP contribution < -0.4 is 4.90 Å². The van der Waals surface area contributed by atoms with Crippen LogP contribution in [0.2, 0.25) is 0 Å². The molecule has 1 fully saturated rings. The molecular weight excluding hydrogens is 414 g/mol. The Morgan fingerprint density at radius 2 is 1.85 bits per heavy atom. The van der Waals surface area contributed by atoms with Crippen LogP contribution in [0.1, 0.15) is 34.8 Å². The summed E-state index contributed by atoms with van der Waals surface area (Å²) in [6, 6.07) is 20.1. The molecular formula is C25H19N7O. The van der Waals surface area contributed by atoms with E-state index in [2.05, 4.69) is 19.7 Å². The normalized spacial score (nSPS) is 15.4. The lowest BCUT2D eigenvalue weighted by Gasteiger charge is -2.15. The molecule has 2 aromatic carbocycles. The van der Waals surface area contributed by atoms with Crippen molar-refractivity contribution in [1.29, 1.82) is 0 Å². The van der Waals surface area contributed by atoms with E-state index < -0.39 is 0 Å². The van der Waals surface area contributed by atoms with E-state index in [0.29, 0.717) is 24.0 Å². The van der Waals surface area contributed by atoms with E-state index in [4.69, 9.17) is 4.98 Å². The van der Waals surface area contributed by atoms with E-state index in [1.165, 1.54) is 0 Å². The van der Waals surface area contributed by atoms with Gasteiger partial charge in [-0.15, -0.1) is 10.2 Å². The third-order valence-corrected chi connectivity index (χ3v) is 6.38. The third kappa shape index (κ3) is 2.87. The molecule has 0 radical (unpaired) electrons. The summed E-state index contributed by atoms with van der Waals surface area (Å²) in [5, 5.41) is 8.35. The van der Waals surface area contributed by atoms with Gasteiger partial charge in [-0.05, 0) is 54.8 Å². The maximum Gasteiger partial charge on any atom is 0.260 e. The zero-order valence-corrected chi connectivity index (χ0v) is 17.7. The highest BCUT2D eigenvalue weighted by Crippen LogP contribution is 2.37. The van der Waals surface area contributed by atoms with Crippen molar-refractivity contribution >= 4 is 22.8 Å². The zero-order valence-electron chi connectivity index (χ0n) is 17.7. The molecule has 160 valence electrons. The van der Waals surface area contributed by atoms with Crippen molar-refractivity contribution in [3.05, 3.63) is 84.4 Å². The zero-order chi connectivity index (χ0) is 21.9. The molecule has 33 heavy (non-hydrogen) atoms. The highest BCUT2D eigenvalue weighted by Gasteiger charge is 2.31. The van der Waals surface area contributed by atoms with Crippen LogP contribution in [-0.2, 0) is 6.54 Å². The minimum absolute atomic E-state index is 0.0513. The van der Waals surface area contributed by atoms with Crippen molar-refractivity contribution in [2.24, 2.45) is 0 Å². The number of para-hydroxylation sites is 2. The number of fused-ring (bicyclic) bond motifs is 2. The van der Waals surface area contributed by atoms with Crippen molar-refractivity contribution in [3.63, 3.8) is 0 Å². The summed E-state index contributed by atoms with van der Waals surface area (Å²) in [5.41, 5.74) is 5.25. The van der Waals surface area contributed by atoms with Gasteiger partial charge in [0.2, 0.25) is 0 Å². The molecule has 1 aliphatic heterocycles. The summed E-state index contributed by atoms with van der Waals surface area (Å²) in [5.74, 6) is 1.32. The largest absolute Gasteiger partial charge is 0.309 e. The minimum atomic E-state index is -0.0513. The molecule has 1 amide bonds. The van der Waals surface area contributed by atoms with Gasteiger partial charge in [-0.3, -0.25) is 14.3 Å². The number of aromatic nitrogens is 6. The van der Waals surface area contributed by atoms with E-state index in [1.54, 1.807) is 17.6 Å². The number of carbonyl (C=O) groups excluding carboxylic acids is 1. The minimum Gasteiger partial charge on any atom is -0.309 e. The fourth-order valence-electron chi connectivity index (χ4n) is 4.53. The van der Waals surface area contributed by atoms with Gasteiger partial charge < -0.3 is 4.57 Å². The molecule has 1 aliphatic carbocycles. The van der Waals surface area contributed by atoms with Gasteiger partial charge in [-0.25, -0.2) is 9.97 Å². The van der Waals surface area contributed by atoms with Crippen molar-refractivity contribution in [1.82, 2.24) is 29.3 Å². The molecule has 2 aliphatic rings. The Hall–Kier alpha value is -4.33. The molecule has 7 rings (SSSR count).